The Morgan fingerprint density at radius 3 is 2.37 bits per heavy atom. The van der Waals surface area contributed by atoms with Crippen molar-refractivity contribution in [1.29, 1.82) is 0 Å². The van der Waals surface area contributed by atoms with Gasteiger partial charge in [0.15, 0.2) is 0 Å². The Morgan fingerprint density at radius 2 is 1.63 bits per heavy atom. The number of halogens is 1. The third-order valence-corrected chi connectivity index (χ3v) is 5.70. The van der Waals surface area contributed by atoms with Crippen molar-refractivity contribution in [3.05, 3.63) is 78.0 Å². The highest BCUT2D eigenvalue weighted by Crippen LogP contribution is 2.30. The number of benzene rings is 3. The number of fused-ring (bicyclic) bond motifs is 1. The Hall–Kier alpha value is -2.25. The summed E-state index contributed by atoms with van der Waals surface area (Å²) in [6.07, 6.45) is 5.77. The lowest BCUT2D eigenvalue weighted by atomic mass is 9.93. The molecule has 1 aliphatic rings. The molecule has 4 rings (SSSR count). The van der Waals surface area contributed by atoms with Gasteiger partial charge in [0, 0.05) is 18.1 Å². The molecule has 0 unspecified atom stereocenters. The molecule has 1 N–H and O–H groups in total. The van der Waals surface area contributed by atoms with Gasteiger partial charge in [-0.15, -0.1) is 11.6 Å². The van der Waals surface area contributed by atoms with Crippen molar-refractivity contribution >= 4 is 27.9 Å². The van der Waals surface area contributed by atoms with Crippen LogP contribution >= 0.6 is 11.6 Å². The van der Waals surface area contributed by atoms with Crippen molar-refractivity contribution in [2.45, 2.75) is 32.1 Å². The van der Waals surface area contributed by atoms with Crippen LogP contribution in [0.1, 0.15) is 37.7 Å². The molecule has 138 valence electrons. The maximum atomic E-state index is 5.98. The van der Waals surface area contributed by atoms with Gasteiger partial charge in [0.1, 0.15) is 0 Å². The van der Waals surface area contributed by atoms with E-state index in [9.17, 15) is 0 Å². The van der Waals surface area contributed by atoms with Gasteiger partial charge in [-0.2, -0.15) is 0 Å². The topological polar surface area (TPSA) is 12.0 Å². The molecule has 3 aromatic carbocycles. The zero-order chi connectivity index (χ0) is 18.5. The fourth-order valence-corrected chi connectivity index (χ4v) is 4.09. The molecule has 1 saturated heterocycles. The Labute approximate surface area is 167 Å². The van der Waals surface area contributed by atoms with Crippen LogP contribution in [-0.4, -0.2) is 12.4 Å². The minimum Gasteiger partial charge on any atom is -0.388 e. The maximum absolute atomic E-state index is 5.98. The molecule has 1 aliphatic heterocycles. The van der Waals surface area contributed by atoms with Crippen LogP contribution in [0.3, 0.4) is 0 Å². The third-order valence-electron chi connectivity index (χ3n) is 5.43. The maximum Gasteiger partial charge on any atom is 0.0226 e. The molecule has 0 spiro atoms. The lowest BCUT2D eigenvalue weighted by Gasteiger charge is -2.22. The van der Waals surface area contributed by atoms with Gasteiger partial charge in [0.05, 0.1) is 0 Å². The van der Waals surface area contributed by atoms with E-state index in [2.05, 4.69) is 72.0 Å². The molecule has 2 heteroatoms. The van der Waals surface area contributed by atoms with E-state index in [4.69, 9.17) is 11.6 Å². The zero-order valence-electron chi connectivity index (χ0n) is 15.7. The van der Waals surface area contributed by atoms with Crippen molar-refractivity contribution in [2.75, 3.05) is 12.4 Å². The summed E-state index contributed by atoms with van der Waals surface area (Å²) in [5.41, 5.74) is 6.73. The van der Waals surface area contributed by atoms with Crippen molar-refractivity contribution < 1.29 is 0 Å². The van der Waals surface area contributed by atoms with E-state index >= 15 is 0 Å². The average Bonchev–Trinajstić information content (AvgIpc) is 2.75. The van der Waals surface area contributed by atoms with Crippen LogP contribution in [0, 0.1) is 0 Å². The Morgan fingerprint density at radius 1 is 0.852 bits per heavy atom. The van der Waals surface area contributed by atoms with Crippen molar-refractivity contribution in [1.82, 2.24) is 5.32 Å². The normalized spacial score (nSPS) is 16.2. The van der Waals surface area contributed by atoms with Crippen LogP contribution < -0.4 is 5.32 Å². The summed E-state index contributed by atoms with van der Waals surface area (Å²) in [4.78, 5) is 0. The van der Waals surface area contributed by atoms with Gasteiger partial charge in [0.25, 0.3) is 0 Å². The molecule has 0 atom stereocenters. The first-order chi connectivity index (χ1) is 13.3. The monoisotopic (exact) mass is 375 g/mol. The van der Waals surface area contributed by atoms with Crippen LogP contribution in [-0.2, 0) is 0 Å². The first-order valence-corrected chi connectivity index (χ1v) is 10.5. The summed E-state index contributed by atoms with van der Waals surface area (Å²) in [7, 11) is 0. The third kappa shape index (κ3) is 4.20. The molecule has 0 aliphatic carbocycles. The molecule has 1 heterocycles. The number of piperidine rings is 1. The van der Waals surface area contributed by atoms with E-state index in [0.717, 1.165) is 25.8 Å². The first-order valence-electron chi connectivity index (χ1n) is 9.96. The molecule has 1 nitrogen and oxygen atoms in total. The van der Waals surface area contributed by atoms with Crippen LogP contribution in [0.15, 0.2) is 72.4 Å². The first kappa shape index (κ1) is 18.1. The number of hydrogen-bond donors (Lipinski definition) is 1. The highest BCUT2D eigenvalue weighted by Gasteiger charge is 2.13. The predicted molar refractivity (Wildman–Crippen MR) is 118 cm³/mol. The Kier molecular flexibility index (Phi) is 5.79. The van der Waals surface area contributed by atoms with Gasteiger partial charge >= 0.3 is 0 Å². The fourth-order valence-electron chi connectivity index (χ4n) is 3.96. The molecule has 0 bridgehead atoms. The van der Waals surface area contributed by atoms with Gasteiger partial charge in [-0.25, -0.2) is 0 Å². The SMILES string of the molecule is ClCCCC(=C1CCCCN1)c1ccc(-c2ccc3ccccc3c2)cc1. The molecule has 27 heavy (non-hydrogen) atoms. The van der Waals surface area contributed by atoms with Gasteiger partial charge in [-0.1, -0.05) is 60.7 Å². The zero-order valence-corrected chi connectivity index (χ0v) is 16.4. The van der Waals surface area contributed by atoms with Gasteiger partial charge in [-0.05, 0) is 71.2 Å². The molecule has 0 amide bonds. The second-order valence-corrected chi connectivity index (χ2v) is 7.65. The number of rotatable bonds is 5. The highest BCUT2D eigenvalue weighted by atomic mass is 35.5. The summed E-state index contributed by atoms with van der Waals surface area (Å²) in [5, 5.41) is 6.20. The lowest BCUT2D eigenvalue weighted by Crippen LogP contribution is -2.21. The Bertz CT molecular complexity index is 932. The minimum absolute atomic E-state index is 0.714. The number of alkyl halides is 1. The largest absolute Gasteiger partial charge is 0.388 e. The van der Waals surface area contributed by atoms with E-state index in [-0.39, 0.29) is 0 Å². The number of allylic oxidation sites excluding steroid dienone is 2. The second kappa shape index (κ2) is 8.63. The lowest BCUT2D eigenvalue weighted by molar-refractivity contribution is 0.587. The highest BCUT2D eigenvalue weighted by molar-refractivity contribution is 6.17. The van der Waals surface area contributed by atoms with Crippen molar-refractivity contribution in [3.8, 4) is 11.1 Å². The molecular formula is C25H26ClN. The Balaban J connectivity index is 1.64. The van der Waals surface area contributed by atoms with E-state index < -0.39 is 0 Å². The van der Waals surface area contributed by atoms with Crippen LogP contribution in [0.25, 0.3) is 27.5 Å². The standard InChI is InChI=1S/C25H26ClN/c26-16-5-8-24(25-9-3-4-17-27-25)21-13-10-20(11-14-21)23-15-12-19-6-1-2-7-22(19)18-23/h1-2,6-7,10-15,18,27H,3-5,8-9,16-17H2. The molecule has 0 radical (unpaired) electrons. The second-order valence-electron chi connectivity index (χ2n) is 7.27. The molecule has 0 saturated carbocycles. The van der Waals surface area contributed by atoms with E-state index in [1.54, 1.807) is 0 Å². The van der Waals surface area contributed by atoms with Gasteiger partial charge < -0.3 is 5.32 Å². The molecular weight excluding hydrogens is 350 g/mol. The van der Waals surface area contributed by atoms with Gasteiger partial charge in [-0.3, -0.25) is 0 Å². The minimum atomic E-state index is 0.714. The summed E-state index contributed by atoms with van der Waals surface area (Å²) >= 11 is 5.98. The smallest absolute Gasteiger partial charge is 0.0226 e. The van der Waals surface area contributed by atoms with E-state index in [1.165, 1.54) is 51.6 Å². The molecule has 0 aromatic heterocycles. The number of hydrogen-bond acceptors (Lipinski definition) is 1. The molecule has 1 fully saturated rings. The van der Waals surface area contributed by atoms with E-state index in [1.807, 2.05) is 0 Å². The summed E-state index contributed by atoms with van der Waals surface area (Å²) in [6, 6.07) is 24.3. The van der Waals surface area contributed by atoms with Crippen LogP contribution in [0.2, 0.25) is 0 Å². The van der Waals surface area contributed by atoms with Crippen LogP contribution in [0.5, 0.6) is 0 Å². The van der Waals surface area contributed by atoms with Gasteiger partial charge in [0.2, 0.25) is 0 Å². The predicted octanol–water partition coefficient (Wildman–Crippen LogP) is 7.01. The van der Waals surface area contributed by atoms with Crippen LogP contribution in [0.4, 0.5) is 0 Å². The average molecular weight is 376 g/mol. The van der Waals surface area contributed by atoms with Crippen molar-refractivity contribution in [3.63, 3.8) is 0 Å². The summed E-state index contributed by atoms with van der Waals surface area (Å²) in [5.74, 6) is 0.714. The fraction of sp³-hybridized carbons (Fsp3) is 0.280. The quantitative estimate of drug-likeness (QED) is 0.473. The van der Waals surface area contributed by atoms with Crippen molar-refractivity contribution in [2.24, 2.45) is 0 Å². The summed E-state index contributed by atoms with van der Waals surface area (Å²) < 4.78 is 0. The summed E-state index contributed by atoms with van der Waals surface area (Å²) in [6.45, 7) is 1.09. The molecule has 3 aromatic rings. The number of nitrogens with one attached hydrogen (secondary N) is 1. The van der Waals surface area contributed by atoms with E-state index in [0.29, 0.717) is 5.88 Å².